The van der Waals surface area contributed by atoms with E-state index >= 15 is 0 Å². The van der Waals surface area contributed by atoms with Crippen molar-refractivity contribution in [2.75, 3.05) is 43.4 Å². The van der Waals surface area contributed by atoms with Gasteiger partial charge < -0.3 is 15.1 Å². The normalized spacial score (nSPS) is 15.0. The molecule has 0 radical (unpaired) electrons. The molecule has 0 aliphatic carbocycles. The number of thiazole rings is 1. The first-order chi connectivity index (χ1) is 16.6. The van der Waals surface area contributed by atoms with Gasteiger partial charge in [-0.25, -0.2) is 9.37 Å². The number of nitrogen functional groups attached to an aromatic ring is 1. The Bertz CT molecular complexity index is 1530. The number of piperazine rings is 1. The van der Waals surface area contributed by atoms with Gasteiger partial charge in [0, 0.05) is 45.5 Å². The van der Waals surface area contributed by atoms with Gasteiger partial charge in [-0.15, -0.1) is 5.10 Å². The number of anilines is 2. The Morgan fingerprint density at radius 3 is 2.74 bits per heavy atom. The minimum absolute atomic E-state index is 0.130. The third kappa shape index (κ3) is 3.49. The monoisotopic (exact) mass is 481 g/mol. The van der Waals surface area contributed by atoms with Crippen molar-refractivity contribution in [2.45, 2.75) is 6.54 Å². The molecule has 174 valence electrons. The van der Waals surface area contributed by atoms with E-state index < -0.39 is 0 Å². The minimum atomic E-state index is -0.314. The highest BCUT2D eigenvalue weighted by Gasteiger charge is 2.22. The van der Waals surface area contributed by atoms with Crippen LogP contribution in [0.2, 0.25) is 0 Å². The molecule has 1 aliphatic rings. The number of aromatic nitrogens is 6. The molecule has 5 aromatic heterocycles. The highest BCUT2D eigenvalue weighted by atomic mass is 32.1. The number of halogens is 1. The molecule has 0 aromatic carbocycles. The molecule has 1 aliphatic heterocycles. The van der Waals surface area contributed by atoms with Crippen molar-refractivity contribution in [2.24, 2.45) is 0 Å². The molecule has 0 bridgehead atoms. The molecule has 0 spiro atoms. The molecule has 0 amide bonds. The second-order valence-corrected chi connectivity index (χ2v) is 8.91. The highest BCUT2D eigenvalue weighted by molar-refractivity contribution is 7.17. The number of fused-ring (bicyclic) bond motifs is 3. The molecule has 13 heteroatoms. The standard InChI is InChI=1S/C21H20FN9O2S/c22-13-12-24-4-3-14(13)29-8-5-28(6-9-29)7-10-30-18-16(34-21(30)32)19-25-17(15-2-1-11-33-15)27-31(19)20(23)26-18/h1-4,11-12H,5-10H2,(H2,23,26). The van der Waals surface area contributed by atoms with Gasteiger partial charge in [0.25, 0.3) is 0 Å². The van der Waals surface area contributed by atoms with Crippen LogP contribution in [0.1, 0.15) is 0 Å². The molecule has 0 unspecified atom stereocenters. The first kappa shape index (κ1) is 20.7. The van der Waals surface area contributed by atoms with Gasteiger partial charge in [-0.05, 0) is 18.2 Å². The summed E-state index contributed by atoms with van der Waals surface area (Å²) in [7, 11) is 0. The Balaban J connectivity index is 1.22. The quantitative estimate of drug-likeness (QED) is 0.399. The summed E-state index contributed by atoms with van der Waals surface area (Å²) < 4.78 is 23.1. The third-order valence-corrected chi connectivity index (χ3v) is 6.93. The molecule has 2 N–H and O–H groups in total. The minimum Gasteiger partial charge on any atom is -0.461 e. The molecular formula is C21H20FN9O2S. The van der Waals surface area contributed by atoms with Crippen molar-refractivity contribution >= 4 is 39.0 Å². The molecule has 1 fully saturated rings. The Morgan fingerprint density at radius 2 is 1.97 bits per heavy atom. The zero-order valence-corrected chi connectivity index (χ0v) is 18.8. The maximum Gasteiger partial charge on any atom is 0.309 e. The van der Waals surface area contributed by atoms with Crippen molar-refractivity contribution in [1.82, 2.24) is 34.0 Å². The van der Waals surface area contributed by atoms with Gasteiger partial charge in [0.05, 0.1) is 18.1 Å². The van der Waals surface area contributed by atoms with E-state index in [4.69, 9.17) is 10.2 Å². The molecule has 5 aromatic rings. The van der Waals surface area contributed by atoms with Crippen molar-refractivity contribution in [3.8, 4) is 11.6 Å². The summed E-state index contributed by atoms with van der Waals surface area (Å²) in [5, 5.41) is 4.38. The Kier molecular flexibility index (Phi) is 4.99. The SMILES string of the molecule is Nc1nc2c(sc(=O)n2CCN2CCN(c3ccncc3F)CC2)c2nc(-c3ccco3)nn12. The van der Waals surface area contributed by atoms with Crippen LogP contribution in [0.3, 0.4) is 0 Å². The maximum atomic E-state index is 14.0. The van der Waals surface area contributed by atoms with Crippen LogP contribution < -0.4 is 15.5 Å². The van der Waals surface area contributed by atoms with Crippen molar-refractivity contribution in [3.63, 3.8) is 0 Å². The molecule has 0 saturated carbocycles. The fourth-order valence-electron chi connectivity index (χ4n) is 4.21. The van der Waals surface area contributed by atoms with Gasteiger partial charge in [-0.1, -0.05) is 11.3 Å². The van der Waals surface area contributed by atoms with Crippen LogP contribution in [0.4, 0.5) is 16.0 Å². The molecule has 34 heavy (non-hydrogen) atoms. The predicted molar refractivity (Wildman–Crippen MR) is 125 cm³/mol. The van der Waals surface area contributed by atoms with Gasteiger partial charge in [-0.3, -0.25) is 19.2 Å². The predicted octanol–water partition coefficient (Wildman–Crippen LogP) is 1.70. The van der Waals surface area contributed by atoms with Crippen LogP contribution in [0.25, 0.3) is 27.6 Å². The van der Waals surface area contributed by atoms with Gasteiger partial charge in [0.2, 0.25) is 11.8 Å². The highest BCUT2D eigenvalue weighted by Crippen LogP contribution is 2.25. The van der Waals surface area contributed by atoms with Crippen molar-refractivity contribution < 1.29 is 8.81 Å². The fourth-order valence-corrected chi connectivity index (χ4v) is 5.15. The van der Waals surface area contributed by atoms with E-state index in [1.54, 1.807) is 35.2 Å². The summed E-state index contributed by atoms with van der Waals surface area (Å²) in [6, 6.07) is 5.20. The lowest BCUT2D eigenvalue weighted by molar-refractivity contribution is 0.248. The van der Waals surface area contributed by atoms with Gasteiger partial charge in [0.15, 0.2) is 22.9 Å². The first-order valence-electron chi connectivity index (χ1n) is 10.7. The summed E-state index contributed by atoms with van der Waals surface area (Å²) >= 11 is 1.07. The van der Waals surface area contributed by atoms with E-state index in [1.165, 1.54) is 10.7 Å². The number of rotatable bonds is 5. The molecule has 11 nitrogen and oxygen atoms in total. The number of furan rings is 1. The van der Waals surface area contributed by atoms with E-state index in [-0.39, 0.29) is 16.6 Å². The summed E-state index contributed by atoms with van der Waals surface area (Å²) in [6.07, 6.45) is 4.38. The second-order valence-electron chi connectivity index (χ2n) is 7.95. The molecule has 6 heterocycles. The van der Waals surface area contributed by atoms with Crippen LogP contribution in [-0.4, -0.2) is 66.8 Å². The van der Waals surface area contributed by atoms with E-state index in [2.05, 4.69) is 25.0 Å². The van der Waals surface area contributed by atoms with E-state index in [0.717, 1.165) is 24.4 Å². The third-order valence-electron chi connectivity index (χ3n) is 5.96. The summed E-state index contributed by atoms with van der Waals surface area (Å²) in [5.74, 6) is 0.717. The van der Waals surface area contributed by atoms with Crippen LogP contribution in [0.15, 0.2) is 46.1 Å². The van der Waals surface area contributed by atoms with Crippen molar-refractivity contribution in [1.29, 1.82) is 0 Å². The lowest BCUT2D eigenvalue weighted by atomic mass is 10.2. The van der Waals surface area contributed by atoms with Crippen LogP contribution in [-0.2, 0) is 6.54 Å². The average Bonchev–Trinajstić information content (AvgIpc) is 3.58. The Morgan fingerprint density at radius 1 is 1.12 bits per heavy atom. The molecule has 0 atom stereocenters. The zero-order valence-electron chi connectivity index (χ0n) is 18.0. The lowest BCUT2D eigenvalue weighted by Gasteiger charge is -2.36. The summed E-state index contributed by atoms with van der Waals surface area (Å²) in [6.45, 7) is 4.03. The van der Waals surface area contributed by atoms with Gasteiger partial charge >= 0.3 is 4.87 Å². The summed E-state index contributed by atoms with van der Waals surface area (Å²) in [4.78, 5) is 29.8. The average molecular weight is 482 g/mol. The number of hydrogen-bond acceptors (Lipinski definition) is 10. The number of nitrogens with zero attached hydrogens (tertiary/aromatic N) is 8. The van der Waals surface area contributed by atoms with E-state index in [9.17, 15) is 9.18 Å². The lowest BCUT2D eigenvalue weighted by Crippen LogP contribution is -2.47. The molecule has 1 saturated heterocycles. The molecule has 6 rings (SSSR count). The smallest absolute Gasteiger partial charge is 0.309 e. The maximum absolute atomic E-state index is 14.0. The van der Waals surface area contributed by atoms with E-state index in [1.807, 2.05) is 4.90 Å². The number of hydrogen-bond donors (Lipinski definition) is 1. The first-order valence-corrected chi connectivity index (χ1v) is 11.6. The van der Waals surface area contributed by atoms with Gasteiger partial charge in [0.1, 0.15) is 4.70 Å². The number of nitrogens with two attached hydrogens (primary N) is 1. The van der Waals surface area contributed by atoms with Crippen molar-refractivity contribution in [3.05, 3.63) is 52.3 Å². The Hall–Kier alpha value is -3.84. The van der Waals surface area contributed by atoms with Crippen LogP contribution in [0, 0.1) is 5.82 Å². The second kappa shape index (κ2) is 8.18. The van der Waals surface area contributed by atoms with Crippen LogP contribution >= 0.6 is 11.3 Å². The largest absolute Gasteiger partial charge is 0.461 e. The fraction of sp³-hybridized carbons (Fsp3) is 0.286. The van der Waals surface area contributed by atoms with E-state index in [0.29, 0.717) is 59.4 Å². The Labute approximate surface area is 195 Å². The van der Waals surface area contributed by atoms with Crippen LogP contribution in [0.5, 0.6) is 0 Å². The number of pyridine rings is 1. The zero-order chi connectivity index (χ0) is 23.2. The summed E-state index contributed by atoms with van der Waals surface area (Å²) in [5.41, 5.74) is 7.69. The topological polar surface area (TPSA) is 124 Å². The van der Waals surface area contributed by atoms with Gasteiger partial charge in [-0.2, -0.15) is 9.50 Å². The molecular weight excluding hydrogens is 461 g/mol.